The molecule has 0 saturated heterocycles. The molecule has 1 fully saturated rings. The molecular weight excluding hydrogens is 186 g/mol. The van der Waals surface area contributed by atoms with Gasteiger partial charge in [0.15, 0.2) is 0 Å². The third-order valence-electron chi connectivity index (χ3n) is 3.89. The normalized spacial score (nSPS) is 21.9. The van der Waals surface area contributed by atoms with Crippen LogP contribution >= 0.6 is 0 Å². The van der Waals surface area contributed by atoms with Crippen LogP contribution < -0.4 is 5.32 Å². The second-order valence-electron chi connectivity index (χ2n) is 4.84. The Kier molecular flexibility index (Phi) is 2.28. The Labute approximate surface area is 90.9 Å². The zero-order chi connectivity index (χ0) is 10.3. The van der Waals surface area contributed by atoms with E-state index in [0.717, 1.165) is 19.0 Å². The predicted molar refractivity (Wildman–Crippen MR) is 59.8 cm³/mol. The minimum Gasteiger partial charge on any atom is -0.311 e. The lowest BCUT2D eigenvalue weighted by molar-refractivity contribution is 0.593. The smallest absolute Gasteiger partial charge is 0.0691 e. The molecule has 0 spiro atoms. The Morgan fingerprint density at radius 2 is 2.13 bits per heavy atom. The molecule has 0 amide bonds. The van der Waals surface area contributed by atoms with Crippen LogP contribution in [0.5, 0.6) is 0 Å². The van der Waals surface area contributed by atoms with Gasteiger partial charge in [0.2, 0.25) is 0 Å². The van der Waals surface area contributed by atoms with Crippen molar-refractivity contribution in [2.24, 2.45) is 7.05 Å². The zero-order valence-corrected chi connectivity index (χ0v) is 9.42. The maximum atomic E-state index is 4.75. The molecule has 3 nitrogen and oxygen atoms in total. The van der Waals surface area contributed by atoms with E-state index < -0.39 is 0 Å². The monoisotopic (exact) mass is 205 g/mol. The van der Waals surface area contributed by atoms with Crippen LogP contribution in [0, 0.1) is 0 Å². The van der Waals surface area contributed by atoms with E-state index in [1.807, 2.05) is 0 Å². The molecule has 0 bridgehead atoms. The van der Waals surface area contributed by atoms with E-state index in [2.05, 4.69) is 17.0 Å². The number of nitrogens with one attached hydrogen (secondary N) is 1. The third kappa shape index (κ3) is 1.49. The van der Waals surface area contributed by atoms with E-state index in [1.54, 1.807) is 5.56 Å². The summed E-state index contributed by atoms with van der Waals surface area (Å²) in [6, 6.07) is 0. The van der Waals surface area contributed by atoms with Gasteiger partial charge in [-0.25, -0.2) is 0 Å². The summed E-state index contributed by atoms with van der Waals surface area (Å²) in [6.45, 7) is 2.13. The average molecular weight is 205 g/mol. The summed E-state index contributed by atoms with van der Waals surface area (Å²) < 4.78 is 2.09. The highest BCUT2D eigenvalue weighted by atomic mass is 15.3. The molecule has 82 valence electrons. The summed E-state index contributed by atoms with van der Waals surface area (Å²) in [5.74, 6) is 0.762. The molecule has 2 heterocycles. The van der Waals surface area contributed by atoms with Crippen molar-refractivity contribution < 1.29 is 0 Å². The first-order valence-electron chi connectivity index (χ1n) is 6.11. The number of aromatic nitrogens is 2. The molecule has 2 aliphatic rings. The fraction of sp³-hybridized carbons (Fsp3) is 0.750. The molecule has 3 rings (SSSR count). The van der Waals surface area contributed by atoms with Crippen molar-refractivity contribution in [1.29, 1.82) is 0 Å². The van der Waals surface area contributed by atoms with Crippen LogP contribution in [0.4, 0.5) is 0 Å². The van der Waals surface area contributed by atoms with Crippen LogP contribution in [-0.4, -0.2) is 16.3 Å². The van der Waals surface area contributed by atoms with Gasteiger partial charge in [-0.2, -0.15) is 5.10 Å². The lowest BCUT2D eigenvalue weighted by Gasteiger charge is -2.15. The standard InChI is InChI=1S/C12H19N3/c1-15-11-8-13-7-6-10(11)12(14-15)9-4-2-3-5-9/h9,13H,2-8H2,1H3. The van der Waals surface area contributed by atoms with Crippen molar-refractivity contribution in [3.63, 3.8) is 0 Å². The summed E-state index contributed by atoms with van der Waals surface area (Å²) in [6.07, 6.45) is 6.69. The summed E-state index contributed by atoms with van der Waals surface area (Å²) >= 11 is 0. The van der Waals surface area contributed by atoms with Crippen molar-refractivity contribution in [2.45, 2.75) is 44.6 Å². The third-order valence-corrected chi connectivity index (χ3v) is 3.89. The number of rotatable bonds is 1. The highest BCUT2D eigenvalue weighted by molar-refractivity contribution is 5.31. The summed E-state index contributed by atoms with van der Waals surface area (Å²) in [7, 11) is 2.09. The SMILES string of the molecule is Cn1nc(C2CCCC2)c2c1CNCC2. The van der Waals surface area contributed by atoms with Crippen molar-refractivity contribution in [3.05, 3.63) is 17.0 Å². The molecule has 0 aromatic carbocycles. The molecule has 0 unspecified atom stereocenters. The number of aryl methyl sites for hydroxylation is 1. The van der Waals surface area contributed by atoms with E-state index >= 15 is 0 Å². The Morgan fingerprint density at radius 1 is 1.33 bits per heavy atom. The zero-order valence-electron chi connectivity index (χ0n) is 9.42. The average Bonchev–Trinajstić information content (AvgIpc) is 2.87. The molecule has 1 aliphatic heterocycles. The second-order valence-corrected chi connectivity index (χ2v) is 4.84. The van der Waals surface area contributed by atoms with Crippen LogP contribution in [0.2, 0.25) is 0 Å². The molecule has 15 heavy (non-hydrogen) atoms. The van der Waals surface area contributed by atoms with Crippen molar-refractivity contribution >= 4 is 0 Å². The van der Waals surface area contributed by atoms with Gasteiger partial charge < -0.3 is 5.32 Å². The van der Waals surface area contributed by atoms with E-state index in [9.17, 15) is 0 Å². The van der Waals surface area contributed by atoms with Crippen LogP contribution in [0.25, 0.3) is 0 Å². The predicted octanol–water partition coefficient (Wildman–Crippen LogP) is 1.72. The van der Waals surface area contributed by atoms with Crippen LogP contribution in [-0.2, 0) is 20.0 Å². The molecule has 1 aliphatic carbocycles. The molecule has 1 aromatic rings. The first-order chi connectivity index (χ1) is 7.36. The first kappa shape index (κ1) is 9.40. The molecule has 1 saturated carbocycles. The van der Waals surface area contributed by atoms with Crippen LogP contribution in [0.15, 0.2) is 0 Å². The minimum absolute atomic E-state index is 0.762. The molecule has 1 N–H and O–H groups in total. The van der Waals surface area contributed by atoms with Crippen LogP contribution in [0.1, 0.15) is 48.6 Å². The van der Waals surface area contributed by atoms with Gasteiger partial charge in [-0.1, -0.05) is 12.8 Å². The van der Waals surface area contributed by atoms with Crippen molar-refractivity contribution in [2.75, 3.05) is 6.54 Å². The number of fused-ring (bicyclic) bond motifs is 1. The number of hydrogen-bond acceptors (Lipinski definition) is 2. The van der Waals surface area contributed by atoms with Gasteiger partial charge in [-0.15, -0.1) is 0 Å². The van der Waals surface area contributed by atoms with Gasteiger partial charge >= 0.3 is 0 Å². The maximum absolute atomic E-state index is 4.75. The Bertz CT molecular complexity index is 361. The number of hydrogen-bond donors (Lipinski definition) is 1. The molecular formula is C12H19N3. The summed E-state index contributed by atoms with van der Waals surface area (Å²) in [5.41, 5.74) is 4.40. The maximum Gasteiger partial charge on any atom is 0.0691 e. The van der Waals surface area contributed by atoms with E-state index in [4.69, 9.17) is 5.10 Å². The highest BCUT2D eigenvalue weighted by Crippen LogP contribution is 2.36. The number of nitrogens with zero attached hydrogens (tertiary/aromatic N) is 2. The lowest BCUT2D eigenvalue weighted by atomic mass is 9.95. The van der Waals surface area contributed by atoms with E-state index in [1.165, 1.54) is 43.5 Å². The Morgan fingerprint density at radius 3 is 2.93 bits per heavy atom. The Hall–Kier alpha value is -0.830. The molecule has 0 atom stereocenters. The second kappa shape index (κ2) is 3.63. The highest BCUT2D eigenvalue weighted by Gasteiger charge is 2.26. The van der Waals surface area contributed by atoms with Gasteiger partial charge in [-0.05, 0) is 31.4 Å². The van der Waals surface area contributed by atoms with Gasteiger partial charge in [0.05, 0.1) is 11.4 Å². The quantitative estimate of drug-likeness (QED) is 0.756. The topological polar surface area (TPSA) is 29.9 Å². The lowest BCUT2D eigenvalue weighted by Crippen LogP contribution is -2.25. The summed E-state index contributed by atoms with van der Waals surface area (Å²) in [5, 5.41) is 8.18. The Balaban J connectivity index is 1.99. The largest absolute Gasteiger partial charge is 0.311 e. The minimum atomic E-state index is 0.762. The molecule has 0 radical (unpaired) electrons. The first-order valence-corrected chi connectivity index (χ1v) is 6.11. The van der Waals surface area contributed by atoms with Gasteiger partial charge in [0, 0.05) is 19.5 Å². The fourth-order valence-corrected chi connectivity index (χ4v) is 3.07. The molecule has 1 aromatic heterocycles. The molecule has 3 heteroatoms. The van der Waals surface area contributed by atoms with E-state index in [0.29, 0.717) is 0 Å². The summed E-state index contributed by atoms with van der Waals surface area (Å²) in [4.78, 5) is 0. The van der Waals surface area contributed by atoms with Crippen LogP contribution in [0.3, 0.4) is 0 Å². The fourth-order valence-electron chi connectivity index (χ4n) is 3.07. The van der Waals surface area contributed by atoms with Crippen molar-refractivity contribution in [3.8, 4) is 0 Å². The van der Waals surface area contributed by atoms with Crippen molar-refractivity contribution in [1.82, 2.24) is 15.1 Å². The van der Waals surface area contributed by atoms with Gasteiger partial charge in [0.1, 0.15) is 0 Å². The van der Waals surface area contributed by atoms with E-state index in [-0.39, 0.29) is 0 Å². The van der Waals surface area contributed by atoms with Gasteiger partial charge in [0.25, 0.3) is 0 Å². The van der Waals surface area contributed by atoms with Gasteiger partial charge in [-0.3, -0.25) is 4.68 Å².